The number of alkyl halides is 2. The van der Waals surface area contributed by atoms with Crippen molar-refractivity contribution in [3.8, 4) is 5.75 Å². The van der Waals surface area contributed by atoms with Gasteiger partial charge in [-0.15, -0.1) is 0 Å². The number of amides is 1. The van der Waals surface area contributed by atoms with Gasteiger partial charge in [-0.3, -0.25) is 4.79 Å². The van der Waals surface area contributed by atoms with Gasteiger partial charge in [-0.2, -0.15) is 0 Å². The Morgan fingerprint density at radius 2 is 2.11 bits per heavy atom. The van der Waals surface area contributed by atoms with Crippen LogP contribution in [-0.4, -0.2) is 47.1 Å². The van der Waals surface area contributed by atoms with Crippen molar-refractivity contribution in [2.75, 3.05) is 19.7 Å². The predicted octanol–water partition coefficient (Wildman–Crippen LogP) is 1.75. The fraction of sp³-hybridized carbons (Fsp3) is 0.364. The molecule has 7 heteroatoms. The monoisotopic (exact) mass is 279 g/mol. The predicted molar refractivity (Wildman–Crippen MR) is 62.1 cm³/mol. The SMILES string of the molecule is O=C(c1ccc(O)c(Cl)c1)N(CCO)CC(F)F. The van der Waals surface area contributed by atoms with Crippen LogP contribution < -0.4 is 0 Å². The number of benzene rings is 1. The molecule has 0 fully saturated rings. The maximum Gasteiger partial charge on any atom is 0.255 e. The Labute approximate surface area is 107 Å². The number of aromatic hydroxyl groups is 1. The van der Waals surface area contributed by atoms with Crippen LogP contribution in [0.15, 0.2) is 18.2 Å². The molecule has 0 aromatic heterocycles. The smallest absolute Gasteiger partial charge is 0.255 e. The molecule has 0 aliphatic carbocycles. The van der Waals surface area contributed by atoms with Crippen molar-refractivity contribution in [1.29, 1.82) is 0 Å². The van der Waals surface area contributed by atoms with E-state index in [0.29, 0.717) is 0 Å². The van der Waals surface area contributed by atoms with Crippen LogP contribution in [0, 0.1) is 0 Å². The molecule has 0 aliphatic rings. The van der Waals surface area contributed by atoms with E-state index in [1.807, 2.05) is 0 Å². The lowest BCUT2D eigenvalue weighted by Crippen LogP contribution is -2.37. The molecule has 18 heavy (non-hydrogen) atoms. The molecule has 0 spiro atoms. The fourth-order valence-electron chi connectivity index (χ4n) is 1.39. The Morgan fingerprint density at radius 3 is 2.61 bits per heavy atom. The number of aliphatic hydroxyl groups is 1. The molecule has 0 radical (unpaired) electrons. The van der Waals surface area contributed by atoms with E-state index in [9.17, 15) is 18.7 Å². The lowest BCUT2D eigenvalue weighted by atomic mass is 10.2. The summed E-state index contributed by atoms with van der Waals surface area (Å²) in [6.07, 6.45) is -2.69. The van der Waals surface area contributed by atoms with E-state index in [4.69, 9.17) is 16.7 Å². The van der Waals surface area contributed by atoms with Gasteiger partial charge in [0.2, 0.25) is 0 Å². The van der Waals surface area contributed by atoms with Gasteiger partial charge < -0.3 is 15.1 Å². The molecule has 2 N–H and O–H groups in total. The molecular weight excluding hydrogens is 268 g/mol. The summed E-state index contributed by atoms with van der Waals surface area (Å²) in [4.78, 5) is 12.7. The normalized spacial score (nSPS) is 10.7. The van der Waals surface area contributed by atoms with E-state index in [1.165, 1.54) is 18.2 Å². The highest BCUT2D eigenvalue weighted by Gasteiger charge is 2.19. The van der Waals surface area contributed by atoms with Crippen molar-refractivity contribution in [1.82, 2.24) is 4.90 Å². The summed E-state index contributed by atoms with van der Waals surface area (Å²) in [5, 5.41) is 17.9. The Hall–Kier alpha value is -1.40. The number of phenolic OH excluding ortho intramolecular Hbond substituents is 1. The maximum atomic E-state index is 12.3. The lowest BCUT2D eigenvalue weighted by molar-refractivity contribution is 0.0509. The number of halogens is 3. The lowest BCUT2D eigenvalue weighted by Gasteiger charge is -2.21. The molecule has 0 saturated carbocycles. The quantitative estimate of drug-likeness (QED) is 0.863. The average Bonchev–Trinajstić information content (AvgIpc) is 2.31. The Bertz CT molecular complexity index is 429. The highest BCUT2D eigenvalue weighted by molar-refractivity contribution is 6.32. The van der Waals surface area contributed by atoms with E-state index in [0.717, 1.165) is 4.90 Å². The fourth-order valence-corrected chi connectivity index (χ4v) is 1.57. The first kappa shape index (κ1) is 14.7. The number of phenols is 1. The van der Waals surface area contributed by atoms with Crippen LogP contribution >= 0.6 is 11.6 Å². The summed E-state index contributed by atoms with van der Waals surface area (Å²) < 4.78 is 24.6. The zero-order valence-corrected chi connectivity index (χ0v) is 10.1. The van der Waals surface area contributed by atoms with Gasteiger partial charge in [-0.05, 0) is 18.2 Å². The van der Waals surface area contributed by atoms with Crippen LogP contribution in [0.4, 0.5) is 8.78 Å². The van der Waals surface area contributed by atoms with Crippen LogP contribution in [0.25, 0.3) is 0 Å². The van der Waals surface area contributed by atoms with Crippen molar-refractivity contribution < 1.29 is 23.8 Å². The van der Waals surface area contributed by atoms with E-state index in [2.05, 4.69) is 0 Å². The van der Waals surface area contributed by atoms with Crippen molar-refractivity contribution in [2.45, 2.75) is 6.43 Å². The number of carbonyl (C=O) groups is 1. The standard InChI is InChI=1S/C11H12ClF2NO3/c12-8-5-7(1-2-9(8)17)11(18)15(3-4-16)6-10(13)14/h1-2,5,10,16-17H,3-4,6H2. The highest BCUT2D eigenvalue weighted by Crippen LogP contribution is 2.24. The first-order chi connectivity index (χ1) is 8.45. The summed E-state index contributed by atoms with van der Waals surface area (Å²) in [5.41, 5.74) is 0.0758. The molecule has 0 atom stereocenters. The minimum atomic E-state index is -2.69. The number of hydrogen-bond acceptors (Lipinski definition) is 3. The van der Waals surface area contributed by atoms with E-state index >= 15 is 0 Å². The van der Waals surface area contributed by atoms with Crippen LogP contribution in [0.2, 0.25) is 5.02 Å². The van der Waals surface area contributed by atoms with Crippen molar-refractivity contribution in [3.63, 3.8) is 0 Å². The second-order valence-electron chi connectivity index (χ2n) is 3.53. The van der Waals surface area contributed by atoms with Crippen LogP contribution in [0.1, 0.15) is 10.4 Å². The molecule has 0 unspecified atom stereocenters. The zero-order chi connectivity index (χ0) is 13.7. The number of nitrogens with zero attached hydrogens (tertiary/aromatic N) is 1. The molecule has 0 saturated heterocycles. The molecule has 0 aliphatic heterocycles. The molecule has 1 amide bonds. The summed E-state index contributed by atoms with van der Waals surface area (Å²) >= 11 is 5.63. The molecule has 0 bridgehead atoms. The Kier molecular flexibility index (Phi) is 5.30. The molecular formula is C11H12ClF2NO3. The zero-order valence-electron chi connectivity index (χ0n) is 9.31. The maximum absolute atomic E-state index is 12.3. The second kappa shape index (κ2) is 6.51. The first-order valence-corrected chi connectivity index (χ1v) is 5.50. The van der Waals surface area contributed by atoms with Gasteiger partial charge in [-0.1, -0.05) is 11.6 Å². The van der Waals surface area contributed by atoms with Gasteiger partial charge in [0.1, 0.15) is 5.75 Å². The number of aliphatic hydroxyl groups excluding tert-OH is 1. The number of carbonyl (C=O) groups excluding carboxylic acids is 1. The first-order valence-electron chi connectivity index (χ1n) is 5.12. The minimum absolute atomic E-state index is 0.0400. The third-order valence-electron chi connectivity index (χ3n) is 2.21. The summed E-state index contributed by atoms with van der Waals surface area (Å²) in [6.45, 7) is -1.37. The van der Waals surface area contributed by atoms with Gasteiger partial charge in [-0.25, -0.2) is 8.78 Å². The molecule has 1 rings (SSSR count). The van der Waals surface area contributed by atoms with Gasteiger partial charge in [0, 0.05) is 12.1 Å². The molecule has 1 aromatic rings. The van der Waals surface area contributed by atoms with Crippen molar-refractivity contribution >= 4 is 17.5 Å². The van der Waals surface area contributed by atoms with E-state index in [-0.39, 0.29) is 22.9 Å². The van der Waals surface area contributed by atoms with Crippen molar-refractivity contribution in [3.05, 3.63) is 28.8 Å². The molecule has 100 valence electrons. The highest BCUT2D eigenvalue weighted by atomic mass is 35.5. The van der Waals surface area contributed by atoms with Gasteiger partial charge in [0.25, 0.3) is 12.3 Å². The van der Waals surface area contributed by atoms with Gasteiger partial charge in [0.05, 0.1) is 18.2 Å². The minimum Gasteiger partial charge on any atom is -0.506 e. The average molecular weight is 280 g/mol. The van der Waals surface area contributed by atoms with Crippen molar-refractivity contribution in [2.24, 2.45) is 0 Å². The Morgan fingerprint density at radius 1 is 1.44 bits per heavy atom. The molecule has 1 aromatic carbocycles. The Balaban J connectivity index is 2.90. The number of hydrogen-bond donors (Lipinski definition) is 2. The summed E-state index contributed by atoms with van der Waals surface area (Å²) in [5.74, 6) is -0.873. The summed E-state index contributed by atoms with van der Waals surface area (Å²) in [7, 11) is 0. The molecule has 0 heterocycles. The molecule has 4 nitrogen and oxygen atoms in total. The third-order valence-corrected chi connectivity index (χ3v) is 2.51. The van der Waals surface area contributed by atoms with Gasteiger partial charge >= 0.3 is 0 Å². The van der Waals surface area contributed by atoms with Crippen LogP contribution in [0.3, 0.4) is 0 Å². The van der Waals surface area contributed by atoms with E-state index < -0.39 is 25.5 Å². The largest absolute Gasteiger partial charge is 0.506 e. The summed E-state index contributed by atoms with van der Waals surface area (Å²) in [6, 6.07) is 3.67. The second-order valence-corrected chi connectivity index (χ2v) is 3.94. The van der Waals surface area contributed by atoms with Gasteiger partial charge in [0.15, 0.2) is 0 Å². The van der Waals surface area contributed by atoms with Crippen LogP contribution in [-0.2, 0) is 0 Å². The topological polar surface area (TPSA) is 60.8 Å². The third kappa shape index (κ3) is 3.82. The van der Waals surface area contributed by atoms with Crippen LogP contribution in [0.5, 0.6) is 5.75 Å². The van der Waals surface area contributed by atoms with E-state index in [1.54, 1.807) is 0 Å². The number of rotatable bonds is 5.